The number of methoxy groups -OCH3 is 1. The molecule has 1 amide bonds. The van der Waals surface area contributed by atoms with E-state index >= 15 is 0 Å². The molecule has 1 atom stereocenters. The molecule has 2 fully saturated rings. The molecule has 0 radical (unpaired) electrons. The maximum absolute atomic E-state index is 11.8. The van der Waals surface area contributed by atoms with E-state index in [0.717, 1.165) is 52.0 Å². The van der Waals surface area contributed by atoms with Crippen LogP contribution in [0.5, 0.6) is 0 Å². The first kappa shape index (κ1) is 13.8. The van der Waals surface area contributed by atoms with Crippen molar-refractivity contribution in [1.29, 1.82) is 0 Å². The minimum Gasteiger partial charge on any atom is -0.385 e. The number of likely N-dealkylation sites (tertiary alicyclic amines) is 1. The number of hydrogen-bond acceptors (Lipinski definition) is 3. The van der Waals surface area contributed by atoms with Gasteiger partial charge in [0, 0.05) is 26.7 Å². The smallest absolute Gasteiger partial charge is 0.222 e. The normalized spacial score (nSPS) is 26.1. The van der Waals surface area contributed by atoms with Crippen molar-refractivity contribution in [3.63, 3.8) is 0 Å². The van der Waals surface area contributed by atoms with Gasteiger partial charge < -0.3 is 14.4 Å². The topological polar surface area (TPSA) is 38.8 Å². The predicted molar refractivity (Wildman–Crippen MR) is 69.4 cm³/mol. The average molecular weight is 255 g/mol. The molecule has 2 heterocycles. The lowest BCUT2D eigenvalue weighted by molar-refractivity contribution is -0.189. The summed E-state index contributed by atoms with van der Waals surface area (Å²) < 4.78 is 11.1. The molecule has 18 heavy (non-hydrogen) atoms. The lowest BCUT2D eigenvalue weighted by Crippen LogP contribution is -2.66. The molecule has 2 aliphatic heterocycles. The summed E-state index contributed by atoms with van der Waals surface area (Å²) >= 11 is 0. The van der Waals surface area contributed by atoms with Gasteiger partial charge in [-0.1, -0.05) is 6.92 Å². The summed E-state index contributed by atoms with van der Waals surface area (Å²) in [6.07, 6.45) is 4.94. The molecule has 0 aromatic carbocycles. The Bertz CT molecular complexity index is 287. The molecule has 0 aromatic rings. The van der Waals surface area contributed by atoms with Crippen molar-refractivity contribution >= 4 is 5.91 Å². The molecule has 0 unspecified atom stereocenters. The number of ether oxygens (including phenoxy) is 2. The molecule has 104 valence electrons. The van der Waals surface area contributed by atoms with Gasteiger partial charge in [0.2, 0.25) is 5.91 Å². The summed E-state index contributed by atoms with van der Waals surface area (Å²) in [7, 11) is 1.75. The fourth-order valence-electron chi connectivity index (χ4n) is 3.08. The van der Waals surface area contributed by atoms with E-state index in [1.807, 2.05) is 11.8 Å². The Morgan fingerprint density at radius 1 is 1.50 bits per heavy atom. The third-order valence-electron chi connectivity index (χ3n) is 4.10. The van der Waals surface area contributed by atoms with Crippen LogP contribution in [0.2, 0.25) is 0 Å². The third-order valence-corrected chi connectivity index (χ3v) is 4.10. The predicted octanol–water partition coefficient (Wildman–Crippen LogP) is 1.83. The SMILES string of the molecule is CCCC(=O)N1CC2(C[C@H](CCOC)CCO2)C1. The second-order valence-electron chi connectivity index (χ2n) is 5.67. The van der Waals surface area contributed by atoms with Gasteiger partial charge in [-0.25, -0.2) is 0 Å². The van der Waals surface area contributed by atoms with Gasteiger partial charge in [0.15, 0.2) is 0 Å². The molecule has 0 N–H and O–H groups in total. The van der Waals surface area contributed by atoms with Crippen LogP contribution in [0.25, 0.3) is 0 Å². The van der Waals surface area contributed by atoms with Crippen LogP contribution in [-0.2, 0) is 14.3 Å². The minimum absolute atomic E-state index is 0.0277. The highest BCUT2D eigenvalue weighted by molar-refractivity contribution is 5.77. The van der Waals surface area contributed by atoms with E-state index in [-0.39, 0.29) is 11.5 Å². The van der Waals surface area contributed by atoms with Crippen molar-refractivity contribution in [2.24, 2.45) is 5.92 Å². The molecule has 0 saturated carbocycles. The van der Waals surface area contributed by atoms with Crippen LogP contribution in [0.4, 0.5) is 0 Å². The van der Waals surface area contributed by atoms with Crippen LogP contribution < -0.4 is 0 Å². The zero-order valence-electron chi connectivity index (χ0n) is 11.6. The molecule has 2 rings (SSSR count). The Balaban J connectivity index is 1.78. The maximum Gasteiger partial charge on any atom is 0.222 e. The minimum atomic E-state index is -0.0277. The van der Waals surface area contributed by atoms with Crippen molar-refractivity contribution in [1.82, 2.24) is 4.90 Å². The average Bonchev–Trinajstić information content (AvgIpc) is 2.34. The van der Waals surface area contributed by atoms with E-state index in [9.17, 15) is 4.79 Å². The largest absolute Gasteiger partial charge is 0.385 e. The Morgan fingerprint density at radius 3 is 2.94 bits per heavy atom. The molecule has 4 nitrogen and oxygen atoms in total. The summed E-state index contributed by atoms with van der Waals surface area (Å²) in [5.41, 5.74) is -0.0277. The van der Waals surface area contributed by atoms with Crippen LogP contribution >= 0.6 is 0 Å². The standard InChI is InChI=1S/C14H25NO3/c1-3-4-13(16)15-10-14(11-15)9-12(5-7-17-2)6-8-18-14/h12H,3-11H2,1-2H3/t12-/m1/s1. The summed E-state index contributed by atoms with van der Waals surface area (Å²) in [5, 5.41) is 0. The van der Waals surface area contributed by atoms with Crippen LogP contribution in [0, 0.1) is 5.92 Å². The van der Waals surface area contributed by atoms with Gasteiger partial charge in [0.1, 0.15) is 5.60 Å². The summed E-state index contributed by atoms with van der Waals surface area (Å²) in [4.78, 5) is 13.7. The lowest BCUT2D eigenvalue weighted by atomic mass is 9.79. The lowest BCUT2D eigenvalue weighted by Gasteiger charge is -2.53. The number of amides is 1. The van der Waals surface area contributed by atoms with Crippen molar-refractivity contribution in [3.8, 4) is 0 Å². The second kappa shape index (κ2) is 6.02. The van der Waals surface area contributed by atoms with Crippen molar-refractivity contribution in [3.05, 3.63) is 0 Å². The molecular weight excluding hydrogens is 230 g/mol. The maximum atomic E-state index is 11.8. The Labute approximate surface area is 110 Å². The first-order valence-electron chi connectivity index (χ1n) is 7.10. The molecular formula is C14H25NO3. The highest BCUT2D eigenvalue weighted by Crippen LogP contribution is 2.38. The second-order valence-corrected chi connectivity index (χ2v) is 5.67. The number of hydrogen-bond donors (Lipinski definition) is 0. The first-order valence-corrected chi connectivity index (χ1v) is 7.10. The van der Waals surface area contributed by atoms with E-state index in [2.05, 4.69) is 0 Å². The van der Waals surface area contributed by atoms with Crippen LogP contribution in [0.1, 0.15) is 39.0 Å². The number of nitrogens with zero attached hydrogens (tertiary/aromatic N) is 1. The molecule has 0 aromatic heterocycles. The molecule has 4 heteroatoms. The zero-order valence-corrected chi connectivity index (χ0v) is 11.6. The Hall–Kier alpha value is -0.610. The van der Waals surface area contributed by atoms with Crippen molar-refractivity contribution in [2.75, 3.05) is 33.4 Å². The van der Waals surface area contributed by atoms with Gasteiger partial charge in [0.25, 0.3) is 0 Å². The van der Waals surface area contributed by atoms with E-state index in [1.54, 1.807) is 7.11 Å². The number of carbonyl (C=O) groups is 1. The van der Waals surface area contributed by atoms with Gasteiger partial charge in [-0.15, -0.1) is 0 Å². The Morgan fingerprint density at radius 2 is 2.28 bits per heavy atom. The highest BCUT2D eigenvalue weighted by atomic mass is 16.5. The van der Waals surface area contributed by atoms with Crippen LogP contribution in [0.3, 0.4) is 0 Å². The van der Waals surface area contributed by atoms with Gasteiger partial charge in [0.05, 0.1) is 13.1 Å². The van der Waals surface area contributed by atoms with Crippen LogP contribution in [-0.4, -0.2) is 49.8 Å². The van der Waals surface area contributed by atoms with E-state index < -0.39 is 0 Å². The summed E-state index contributed by atoms with van der Waals surface area (Å²) in [6.45, 7) is 5.32. The van der Waals surface area contributed by atoms with E-state index in [4.69, 9.17) is 9.47 Å². The van der Waals surface area contributed by atoms with Gasteiger partial charge in [-0.2, -0.15) is 0 Å². The first-order chi connectivity index (χ1) is 8.69. The molecule has 2 aliphatic rings. The summed E-state index contributed by atoms with van der Waals surface area (Å²) in [5.74, 6) is 0.980. The molecule has 2 saturated heterocycles. The fourth-order valence-corrected chi connectivity index (χ4v) is 3.08. The van der Waals surface area contributed by atoms with Crippen molar-refractivity contribution in [2.45, 2.75) is 44.6 Å². The van der Waals surface area contributed by atoms with Crippen molar-refractivity contribution < 1.29 is 14.3 Å². The Kier molecular flexibility index (Phi) is 4.62. The van der Waals surface area contributed by atoms with Gasteiger partial charge in [-0.3, -0.25) is 4.79 Å². The quantitative estimate of drug-likeness (QED) is 0.752. The van der Waals surface area contributed by atoms with E-state index in [1.165, 1.54) is 0 Å². The van der Waals surface area contributed by atoms with Gasteiger partial charge >= 0.3 is 0 Å². The van der Waals surface area contributed by atoms with Crippen LogP contribution in [0.15, 0.2) is 0 Å². The number of carbonyl (C=O) groups excluding carboxylic acids is 1. The third kappa shape index (κ3) is 3.04. The highest BCUT2D eigenvalue weighted by Gasteiger charge is 2.48. The van der Waals surface area contributed by atoms with Gasteiger partial charge in [-0.05, 0) is 31.6 Å². The number of rotatable bonds is 5. The molecule has 0 aliphatic carbocycles. The molecule has 1 spiro atoms. The fraction of sp³-hybridized carbons (Fsp3) is 0.929. The van der Waals surface area contributed by atoms with E-state index in [0.29, 0.717) is 12.3 Å². The molecule has 0 bridgehead atoms. The summed E-state index contributed by atoms with van der Waals surface area (Å²) in [6, 6.07) is 0. The zero-order chi connectivity index (χ0) is 13.0. The monoisotopic (exact) mass is 255 g/mol.